The van der Waals surface area contributed by atoms with E-state index in [2.05, 4.69) is 20.8 Å². The van der Waals surface area contributed by atoms with Gasteiger partial charge in [-0.2, -0.15) is 0 Å². The van der Waals surface area contributed by atoms with Gasteiger partial charge in [-0.3, -0.25) is 9.59 Å². The van der Waals surface area contributed by atoms with Crippen LogP contribution < -0.4 is 0 Å². The number of ketones is 1. The molecule has 28 heavy (non-hydrogen) atoms. The molecule has 1 aliphatic rings. The number of carbonyl (C=O) groups excluding carboxylic acids is 2. The Morgan fingerprint density at radius 2 is 1.89 bits per heavy atom. The maximum Gasteiger partial charge on any atom is 0.290 e. The van der Waals surface area contributed by atoms with Crippen LogP contribution in [0.4, 0.5) is 0 Å². The minimum absolute atomic E-state index is 0.00310. The van der Waals surface area contributed by atoms with Crippen LogP contribution >= 0.6 is 0 Å². The summed E-state index contributed by atoms with van der Waals surface area (Å²) in [5.74, 6) is -0.901. The first-order valence-electron chi connectivity index (χ1n) is 9.34. The molecule has 1 atom stereocenters. The van der Waals surface area contributed by atoms with Crippen molar-refractivity contribution in [2.75, 3.05) is 6.54 Å². The number of hydrogen-bond donors (Lipinski definition) is 1. The lowest BCUT2D eigenvalue weighted by Gasteiger charge is -2.26. The molecule has 2 aromatic rings. The van der Waals surface area contributed by atoms with Crippen LogP contribution in [0.3, 0.4) is 0 Å². The molecule has 1 aromatic heterocycles. The van der Waals surface area contributed by atoms with E-state index in [-0.39, 0.29) is 11.0 Å². The molecule has 0 radical (unpaired) electrons. The predicted molar refractivity (Wildman–Crippen MR) is 108 cm³/mol. The van der Waals surface area contributed by atoms with Gasteiger partial charge in [0, 0.05) is 6.54 Å². The maximum atomic E-state index is 12.8. The van der Waals surface area contributed by atoms with Crippen molar-refractivity contribution in [1.82, 2.24) is 4.90 Å². The summed E-state index contributed by atoms with van der Waals surface area (Å²) in [6, 6.07) is 10.7. The number of likely N-dealkylation sites (N-methyl/N-ethyl adjacent to an activating group) is 1. The maximum absolute atomic E-state index is 12.8. The molecule has 1 amide bonds. The molecule has 0 spiro atoms. The summed E-state index contributed by atoms with van der Waals surface area (Å²) in [6.45, 7) is 8.58. The van der Waals surface area contributed by atoms with Crippen LogP contribution in [0, 0.1) is 0 Å². The molecule has 1 unspecified atom stereocenters. The van der Waals surface area contributed by atoms with Crippen molar-refractivity contribution in [3.8, 4) is 0 Å². The number of hydrogen-bond acceptors (Lipinski definition) is 4. The summed E-state index contributed by atoms with van der Waals surface area (Å²) in [5.41, 5.74) is 2.04. The lowest BCUT2D eigenvalue weighted by molar-refractivity contribution is -0.129. The SMILES string of the molecule is CCN1C(=O)C(O)=C(C(=O)/C=C/c2ccco2)C1c1ccc(C(C)(C)C)cc1. The number of carbonyl (C=O) groups is 2. The number of furan rings is 1. The Kier molecular flexibility index (Phi) is 5.27. The van der Waals surface area contributed by atoms with Crippen molar-refractivity contribution >= 4 is 17.8 Å². The van der Waals surface area contributed by atoms with E-state index in [1.165, 1.54) is 23.3 Å². The van der Waals surface area contributed by atoms with Crippen LogP contribution in [0.15, 0.2) is 64.5 Å². The Morgan fingerprint density at radius 1 is 1.21 bits per heavy atom. The number of aliphatic hydroxyl groups excluding tert-OH is 1. The lowest BCUT2D eigenvalue weighted by atomic mass is 9.85. The third-order valence-corrected chi connectivity index (χ3v) is 4.94. The summed E-state index contributed by atoms with van der Waals surface area (Å²) in [6.07, 6.45) is 4.37. The fourth-order valence-corrected chi connectivity index (χ4v) is 3.38. The Morgan fingerprint density at radius 3 is 2.43 bits per heavy atom. The average Bonchev–Trinajstić information content (AvgIpc) is 3.26. The van der Waals surface area contributed by atoms with Crippen LogP contribution in [0.1, 0.15) is 50.6 Å². The summed E-state index contributed by atoms with van der Waals surface area (Å²) >= 11 is 0. The number of nitrogens with zero attached hydrogens (tertiary/aromatic N) is 1. The fourth-order valence-electron chi connectivity index (χ4n) is 3.38. The highest BCUT2D eigenvalue weighted by Gasteiger charge is 2.42. The first-order chi connectivity index (χ1) is 13.2. The zero-order chi connectivity index (χ0) is 20.5. The Hall–Kier alpha value is -3.08. The van der Waals surface area contributed by atoms with Crippen LogP contribution in [-0.2, 0) is 15.0 Å². The number of benzene rings is 1. The highest BCUT2D eigenvalue weighted by atomic mass is 16.3. The molecule has 0 saturated heterocycles. The predicted octanol–water partition coefficient (Wildman–Crippen LogP) is 4.57. The van der Waals surface area contributed by atoms with Crippen molar-refractivity contribution in [1.29, 1.82) is 0 Å². The summed E-state index contributed by atoms with van der Waals surface area (Å²) in [7, 11) is 0. The lowest BCUT2D eigenvalue weighted by Crippen LogP contribution is -2.30. The first kappa shape index (κ1) is 19.7. The Labute approximate surface area is 165 Å². The number of allylic oxidation sites excluding steroid dienone is 1. The highest BCUT2D eigenvalue weighted by molar-refractivity contribution is 6.14. The van der Waals surface area contributed by atoms with Crippen molar-refractivity contribution < 1.29 is 19.1 Å². The molecule has 0 saturated carbocycles. The molecule has 0 fully saturated rings. The molecule has 1 aliphatic heterocycles. The van der Waals surface area contributed by atoms with E-state index in [0.717, 1.165) is 11.1 Å². The van der Waals surface area contributed by atoms with Gasteiger partial charge in [-0.05, 0) is 47.8 Å². The van der Waals surface area contributed by atoms with Gasteiger partial charge >= 0.3 is 0 Å². The quantitative estimate of drug-likeness (QED) is 0.772. The Balaban J connectivity index is 1.98. The van der Waals surface area contributed by atoms with Crippen molar-refractivity contribution in [2.45, 2.75) is 39.2 Å². The molecule has 146 valence electrons. The topological polar surface area (TPSA) is 70.8 Å². The number of amides is 1. The molecule has 1 aromatic carbocycles. The van der Waals surface area contributed by atoms with Gasteiger partial charge in [0.1, 0.15) is 5.76 Å². The number of aliphatic hydroxyl groups is 1. The number of rotatable bonds is 5. The monoisotopic (exact) mass is 379 g/mol. The van der Waals surface area contributed by atoms with Crippen LogP contribution in [0.5, 0.6) is 0 Å². The van der Waals surface area contributed by atoms with Gasteiger partial charge in [0.15, 0.2) is 11.5 Å². The van der Waals surface area contributed by atoms with E-state index in [1.807, 2.05) is 31.2 Å². The molecule has 5 nitrogen and oxygen atoms in total. The molecule has 0 bridgehead atoms. The van der Waals surface area contributed by atoms with E-state index >= 15 is 0 Å². The highest BCUT2D eigenvalue weighted by Crippen LogP contribution is 2.38. The standard InChI is InChI=1S/C23H25NO4/c1-5-24-20(15-8-10-16(11-9-15)23(2,3)4)19(21(26)22(24)27)18(25)13-12-17-7-6-14-28-17/h6-14,20,26H,5H2,1-4H3/b13-12+. The van der Waals surface area contributed by atoms with Crippen LogP contribution in [-0.4, -0.2) is 28.2 Å². The van der Waals surface area contributed by atoms with Crippen molar-refractivity contribution in [2.24, 2.45) is 0 Å². The minimum atomic E-state index is -0.611. The smallest absolute Gasteiger partial charge is 0.290 e. The van der Waals surface area contributed by atoms with Gasteiger partial charge in [-0.25, -0.2) is 0 Å². The van der Waals surface area contributed by atoms with E-state index in [0.29, 0.717) is 12.3 Å². The Bertz CT molecular complexity index is 928. The normalized spacial score (nSPS) is 17.8. The average molecular weight is 379 g/mol. The van der Waals surface area contributed by atoms with E-state index in [4.69, 9.17) is 4.42 Å². The first-order valence-corrected chi connectivity index (χ1v) is 9.34. The van der Waals surface area contributed by atoms with E-state index < -0.39 is 23.5 Å². The van der Waals surface area contributed by atoms with Gasteiger partial charge in [0.05, 0.1) is 17.9 Å². The third-order valence-electron chi connectivity index (χ3n) is 4.94. The second-order valence-electron chi connectivity index (χ2n) is 7.84. The van der Waals surface area contributed by atoms with Crippen LogP contribution in [0.2, 0.25) is 0 Å². The molecule has 5 heteroatoms. The van der Waals surface area contributed by atoms with Gasteiger partial charge < -0.3 is 14.4 Å². The van der Waals surface area contributed by atoms with Gasteiger partial charge in [-0.15, -0.1) is 0 Å². The largest absolute Gasteiger partial charge is 0.503 e. The van der Waals surface area contributed by atoms with Crippen LogP contribution in [0.25, 0.3) is 6.08 Å². The molecule has 3 rings (SSSR count). The second-order valence-corrected chi connectivity index (χ2v) is 7.84. The second kappa shape index (κ2) is 7.50. The van der Waals surface area contributed by atoms with E-state index in [1.54, 1.807) is 12.1 Å². The van der Waals surface area contributed by atoms with Gasteiger partial charge in [0.2, 0.25) is 0 Å². The molecular weight excluding hydrogens is 354 g/mol. The molecular formula is C23H25NO4. The third kappa shape index (κ3) is 3.65. The molecule has 1 N–H and O–H groups in total. The summed E-state index contributed by atoms with van der Waals surface area (Å²) < 4.78 is 5.20. The van der Waals surface area contributed by atoms with Gasteiger partial charge in [0.25, 0.3) is 5.91 Å². The molecule has 2 heterocycles. The fraction of sp³-hybridized carbons (Fsp3) is 0.304. The molecule has 0 aliphatic carbocycles. The summed E-state index contributed by atoms with van der Waals surface area (Å²) in [5, 5.41) is 10.4. The van der Waals surface area contributed by atoms with E-state index in [9.17, 15) is 14.7 Å². The zero-order valence-corrected chi connectivity index (χ0v) is 16.6. The summed E-state index contributed by atoms with van der Waals surface area (Å²) in [4.78, 5) is 26.9. The minimum Gasteiger partial charge on any atom is -0.503 e. The van der Waals surface area contributed by atoms with Gasteiger partial charge in [-0.1, -0.05) is 45.0 Å². The van der Waals surface area contributed by atoms with Crippen molar-refractivity contribution in [3.63, 3.8) is 0 Å². The van der Waals surface area contributed by atoms with Crippen molar-refractivity contribution in [3.05, 3.63) is 77.0 Å². The zero-order valence-electron chi connectivity index (χ0n) is 16.6.